The zero-order valence-corrected chi connectivity index (χ0v) is 13.3. The summed E-state index contributed by atoms with van der Waals surface area (Å²) in [5.74, 6) is 0. The van der Waals surface area contributed by atoms with Crippen LogP contribution in [-0.2, 0) is 0 Å². The van der Waals surface area contributed by atoms with Crippen molar-refractivity contribution in [2.45, 2.75) is 42.1 Å². The Hall–Kier alpha value is -0.208. The van der Waals surface area contributed by atoms with Gasteiger partial charge in [-0.2, -0.15) is 0 Å². The van der Waals surface area contributed by atoms with Gasteiger partial charge in [0.1, 0.15) is 0 Å². The van der Waals surface area contributed by atoms with Crippen LogP contribution < -0.4 is 5.32 Å². The number of nitrogens with zero attached hydrogens (tertiary/aromatic N) is 2. The molecule has 0 aliphatic heterocycles. The first-order valence-corrected chi connectivity index (χ1v) is 8.56. The Bertz CT molecular complexity index is 219. The summed E-state index contributed by atoms with van der Waals surface area (Å²) in [5, 5.41) is 6.62. The summed E-state index contributed by atoms with van der Waals surface area (Å²) in [6, 6.07) is -0.0791. The van der Waals surface area contributed by atoms with Crippen LogP contribution in [0.3, 0.4) is 0 Å². The third kappa shape index (κ3) is 4.44. The first-order chi connectivity index (χ1) is 7.27. The first-order valence-electron chi connectivity index (χ1n) is 5.39. The van der Waals surface area contributed by atoms with Crippen LogP contribution >= 0.6 is 0 Å². The minimum absolute atomic E-state index is 0.243. The van der Waals surface area contributed by atoms with E-state index in [1.165, 1.54) is 19.3 Å². The van der Waals surface area contributed by atoms with Crippen LogP contribution in [0.5, 0.6) is 0 Å². The van der Waals surface area contributed by atoms with Crippen LogP contribution in [0.2, 0.25) is 3.98 Å². The van der Waals surface area contributed by atoms with Crippen LogP contribution in [0.4, 0.5) is 4.79 Å². The van der Waals surface area contributed by atoms with Crippen molar-refractivity contribution in [3.05, 3.63) is 4.91 Å². The summed E-state index contributed by atoms with van der Waals surface area (Å²) in [7, 11) is 0. The number of urea groups is 1. The molecule has 0 saturated heterocycles. The van der Waals surface area contributed by atoms with Crippen molar-refractivity contribution in [1.82, 2.24) is 10.3 Å². The topological polar surface area (TPSA) is 61.8 Å². The van der Waals surface area contributed by atoms with Crippen LogP contribution in [0.25, 0.3) is 0 Å². The van der Waals surface area contributed by atoms with Crippen LogP contribution in [0.1, 0.15) is 32.1 Å². The standard InChI is InChI=1S/C9H16N3O2.Tl/c1-2-12(11-14)9(13)10-8-6-4-3-5-7-8;/h8H,1-7H2,(H,10,13);. The van der Waals surface area contributed by atoms with Gasteiger partial charge >= 0.3 is 106 Å². The van der Waals surface area contributed by atoms with E-state index in [4.69, 9.17) is 0 Å². The van der Waals surface area contributed by atoms with Gasteiger partial charge in [0.05, 0.1) is 0 Å². The maximum absolute atomic E-state index is 11.6. The molecule has 0 bridgehead atoms. The van der Waals surface area contributed by atoms with Gasteiger partial charge in [0.15, 0.2) is 0 Å². The predicted octanol–water partition coefficient (Wildman–Crippen LogP) is 1.60. The zero-order valence-electron chi connectivity index (χ0n) is 8.82. The minimum atomic E-state index is -0.322. The van der Waals surface area contributed by atoms with E-state index < -0.39 is 0 Å². The molecule has 1 fully saturated rings. The number of nitrogens with one attached hydrogen (secondary N) is 1. The van der Waals surface area contributed by atoms with Crippen molar-refractivity contribution in [3.63, 3.8) is 0 Å². The molecule has 1 aliphatic rings. The van der Waals surface area contributed by atoms with Crippen LogP contribution in [-0.4, -0.2) is 49.4 Å². The number of carbonyl (C=O) groups is 1. The Kier molecular flexibility index (Phi) is 6.11. The maximum atomic E-state index is 11.6. The third-order valence-corrected chi connectivity index (χ3v) is 3.61. The molecule has 0 aromatic heterocycles. The van der Waals surface area contributed by atoms with E-state index in [0.29, 0.717) is 6.54 Å². The Morgan fingerprint density at radius 3 is 2.60 bits per heavy atom. The molecular weight excluding hydrogens is 387 g/mol. The van der Waals surface area contributed by atoms with Crippen LogP contribution in [0.15, 0.2) is 5.29 Å². The van der Waals surface area contributed by atoms with Crippen molar-refractivity contribution in [2.75, 3.05) is 6.54 Å². The molecule has 15 heavy (non-hydrogen) atoms. The number of hydrogen-bond donors (Lipinski definition) is 1. The number of amides is 2. The van der Waals surface area contributed by atoms with Gasteiger partial charge in [-0.25, -0.2) is 0 Å². The van der Waals surface area contributed by atoms with E-state index in [2.05, 4.69) is 10.6 Å². The number of rotatable bonds is 4. The summed E-state index contributed by atoms with van der Waals surface area (Å²) in [6.45, 7) is 0.465. The van der Waals surface area contributed by atoms with Gasteiger partial charge in [-0.15, -0.1) is 0 Å². The summed E-state index contributed by atoms with van der Waals surface area (Å²) >= 11 is 0.793. The van der Waals surface area contributed by atoms with Crippen molar-refractivity contribution in [1.29, 1.82) is 0 Å². The fourth-order valence-electron chi connectivity index (χ4n) is 1.80. The van der Waals surface area contributed by atoms with Crippen molar-refractivity contribution >= 4 is 31.8 Å². The van der Waals surface area contributed by atoms with E-state index in [0.717, 1.165) is 47.6 Å². The number of carbonyl (C=O) groups excluding carboxylic acids is 1. The summed E-state index contributed by atoms with van der Waals surface area (Å²) < 4.78 is 0.907. The molecule has 0 aromatic rings. The van der Waals surface area contributed by atoms with Gasteiger partial charge in [-0.1, -0.05) is 0 Å². The molecule has 1 aliphatic carbocycles. The second kappa shape index (κ2) is 7.13. The van der Waals surface area contributed by atoms with E-state index in [1.54, 1.807) is 0 Å². The van der Waals surface area contributed by atoms with Gasteiger partial charge in [-0.05, 0) is 0 Å². The Morgan fingerprint density at radius 1 is 1.40 bits per heavy atom. The van der Waals surface area contributed by atoms with Crippen LogP contribution in [0, 0.1) is 4.91 Å². The molecule has 6 heteroatoms. The Morgan fingerprint density at radius 2 is 2.07 bits per heavy atom. The second-order valence-corrected chi connectivity index (χ2v) is 6.02. The van der Waals surface area contributed by atoms with E-state index in [-0.39, 0.29) is 12.1 Å². The monoisotopic (exact) mass is 403 g/mol. The molecule has 1 saturated carbocycles. The molecule has 1 N–H and O–H groups in total. The Balaban J connectivity index is 2.34. The fourth-order valence-corrected chi connectivity index (χ4v) is 2.75. The van der Waals surface area contributed by atoms with Crippen molar-refractivity contribution in [3.8, 4) is 0 Å². The molecule has 5 nitrogen and oxygen atoms in total. The Labute approximate surface area is 106 Å². The zero-order chi connectivity index (χ0) is 11.1. The molecule has 1 rings (SSSR count). The van der Waals surface area contributed by atoms with Gasteiger partial charge in [-0.3, -0.25) is 0 Å². The summed E-state index contributed by atoms with van der Waals surface area (Å²) in [5.41, 5.74) is 0. The van der Waals surface area contributed by atoms with E-state index >= 15 is 0 Å². The van der Waals surface area contributed by atoms with Gasteiger partial charge in [0.2, 0.25) is 0 Å². The molecule has 0 aromatic carbocycles. The van der Waals surface area contributed by atoms with Crippen molar-refractivity contribution < 1.29 is 4.79 Å². The summed E-state index contributed by atoms with van der Waals surface area (Å²) in [6.07, 6.45) is 5.65. The van der Waals surface area contributed by atoms with E-state index in [9.17, 15) is 9.70 Å². The third-order valence-electron chi connectivity index (χ3n) is 2.61. The molecule has 82 valence electrons. The number of hydrogen-bond acceptors (Lipinski definition) is 3. The molecule has 0 spiro atoms. The predicted molar refractivity (Wildman–Crippen MR) is 58.5 cm³/mol. The quantitative estimate of drug-likeness (QED) is 0.441. The molecule has 0 unspecified atom stereocenters. The van der Waals surface area contributed by atoms with Crippen molar-refractivity contribution in [2.24, 2.45) is 5.29 Å². The molecule has 0 heterocycles. The SMILES string of the molecule is O=NN(C[CH2][Tl])C(=O)NC1CCCCC1. The average Bonchev–Trinajstić information content (AvgIpc) is 2.27. The van der Waals surface area contributed by atoms with Gasteiger partial charge in [0.25, 0.3) is 0 Å². The molecular formula is C9H16N3O2Tl. The second-order valence-electron chi connectivity index (χ2n) is 3.78. The molecule has 0 radical (unpaired) electrons. The average molecular weight is 403 g/mol. The van der Waals surface area contributed by atoms with Gasteiger partial charge in [0, 0.05) is 0 Å². The first kappa shape index (κ1) is 12.9. The number of nitroso groups, excluding NO2 is 1. The molecule has 0 atom stereocenters. The van der Waals surface area contributed by atoms with E-state index in [1.807, 2.05) is 0 Å². The molecule has 2 amide bonds. The fraction of sp³-hybridized carbons (Fsp3) is 0.889. The normalized spacial score (nSPS) is 17.0. The summed E-state index contributed by atoms with van der Waals surface area (Å²) in [4.78, 5) is 22.0. The van der Waals surface area contributed by atoms with Gasteiger partial charge < -0.3 is 0 Å².